The number of hydrogen-bond donors (Lipinski definition) is 2. The molecule has 98 valence electrons. The van der Waals surface area contributed by atoms with E-state index in [1.165, 1.54) is 7.11 Å². The fraction of sp³-hybridized carbons (Fsp3) is 0.385. The number of thiocarbonyl (C=S) groups is 1. The maximum absolute atomic E-state index is 11.4. The zero-order valence-corrected chi connectivity index (χ0v) is 11.5. The largest absolute Gasteiger partial charge is 0.465 e. The number of nitrogens with one attached hydrogen (secondary N) is 2. The fourth-order valence-corrected chi connectivity index (χ4v) is 1.62. The van der Waals surface area contributed by atoms with Gasteiger partial charge in [-0.25, -0.2) is 4.79 Å². The lowest BCUT2D eigenvalue weighted by Gasteiger charge is -2.10. The molecule has 5 heteroatoms. The predicted octanol–water partition coefficient (Wildman–Crippen LogP) is 2.56. The summed E-state index contributed by atoms with van der Waals surface area (Å²) in [5.74, 6) is -0.358. The molecule has 18 heavy (non-hydrogen) atoms. The molecule has 0 unspecified atom stereocenters. The molecule has 0 amide bonds. The van der Waals surface area contributed by atoms with Gasteiger partial charge in [0.15, 0.2) is 5.11 Å². The Kier molecular flexibility index (Phi) is 6.14. The molecule has 0 fully saturated rings. The van der Waals surface area contributed by atoms with Crippen LogP contribution in [0.3, 0.4) is 0 Å². The number of hydrogen-bond acceptors (Lipinski definition) is 3. The molecule has 2 N–H and O–H groups in total. The lowest BCUT2D eigenvalue weighted by atomic mass is 10.2. The van der Waals surface area contributed by atoms with Crippen molar-refractivity contribution in [3.8, 4) is 0 Å². The van der Waals surface area contributed by atoms with Gasteiger partial charge in [-0.05, 0) is 36.8 Å². The minimum absolute atomic E-state index is 0.358. The van der Waals surface area contributed by atoms with Crippen LogP contribution in [0.5, 0.6) is 0 Å². The molecule has 0 saturated heterocycles. The van der Waals surface area contributed by atoms with Crippen molar-refractivity contribution in [1.82, 2.24) is 5.32 Å². The maximum Gasteiger partial charge on any atom is 0.337 e. The van der Waals surface area contributed by atoms with Crippen LogP contribution in [-0.4, -0.2) is 24.7 Å². The lowest BCUT2D eigenvalue weighted by molar-refractivity contribution is 0.0601. The highest BCUT2D eigenvalue weighted by Gasteiger charge is 2.05. The second-order valence-electron chi connectivity index (χ2n) is 3.81. The SMILES string of the molecule is CCCCNC(=S)Nc1cccc(C(=O)OC)c1. The molecule has 4 nitrogen and oxygen atoms in total. The molecule has 0 heterocycles. The minimum atomic E-state index is -0.358. The van der Waals surface area contributed by atoms with Crippen LogP contribution in [0.25, 0.3) is 0 Å². The molecule has 0 aromatic heterocycles. The molecule has 0 saturated carbocycles. The van der Waals surface area contributed by atoms with E-state index in [0.717, 1.165) is 25.1 Å². The van der Waals surface area contributed by atoms with E-state index in [0.29, 0.717) is 10.7 Å². The minimum Gasteiger partial charge on any atom is -0.465 e. The molecular weight excluding hydrogens is 248 g/mol. The Bertz CT molecular complexity index is 421. The van der Waals surface area contributed by atoms with E-state index < -0.39 is 0 Å². The third-order valence-corrected chi connectivity index (χ3v) is 2.60. The van der Waals surface area contributed by atoms with Gasteiger partial charge in [0.05, 0.1) is 12.7 Å². The Hall–Kier alpha value is -1.62. The molecule has 0 aliphatic heterocycles. The summed E-state index contributed by atoms with van der Waals surface area (Å²) in [7, 11) is 1.36. The Labute approximate surface area is 113 Å². The van der Waals surface area contributed by atoms with Crippen molar-refractivity contribution in [2.24, 2.45) is 0 Å². The Balaban J connectivity index is 2.56. The van der Waals surface area contributed by atoms with Gasteiger partial charge in [0.2, 0.25) is 0 Å². The number of benzene rings is 1. The van der Waals surface area contributed by atoms with Gasteiger partial charge in [-0.2, -0.15) is 0 Å². The van der Waals surface area contributed by atoms with E-state index in [1.54, 1.807) is 18.2 Å². The zero-order chi connectivity index (χ0) is 13.4. The summed E-state index contributed by atoms with van der Waals surface area (Å²) in [6.07, 6.45) is 2.19. The van der Waals surface area contributed by atoms with Gasteiger partial charge in [-0.15, -0.1) is 0 Å². The summed E-state index contributed by atoms with van der Waals surface area (Å²) in [6, 6.07) is 7.04. The van der Waals surface area contributed by atoms with Crippen molar-refractivity contribution in [1.29, 1.82) is 0 Å². The molecule has 0 radical (unpaired) electrons. The summed E-state index contributed by atoms with van der Waals surface area (Å²) in [6.45, 7) is 2.97. The lowest BCUT2D eigenvalue weighted by Crippen LogP contribution is -2.29. The van der Waals surface area contributed by atoms with Gasteiger partial charge >= 0.3 is 5.97 Å². The number of rotatable bonds is 5. The number of carbonyl (C=O) groups is 1. The monoisotopic (exact) mass is 266 g/mol. The van der Waals surface area contributed by atoms with Crippen molar-refractivity contribution < 1.29 is 9.53 Å². The van der Waals surface area contributed by atoms with Crippen molar-refractivity contribution in [3.05, 3.63) is 29.8 Å². The van der Waals surface area contributed by atoms with Crippen LogP contribution in [0.2, 0.25) is 0 Å². The fourth-order valence-electron chi connectivity index (χ4n) is 1.40. The average molecular weight is 266 g/mol. The first-order chi connectivity index (χ1) is 8.67. The molecule has 0 aliphatic rings. The van der Waals surface area contributed by atoms with Crippen molar-refractivity contribution in [3.63, 3.8) is 0 Å². The van der Waals surface area contributed by atoms with Gasteiger partial charge in [-0.1, -0.05) is 19.4 Å². The summed E-state index contributed by atoms with van der Waals surface area (Å²) in [5, 5.41) is 6.69. The normalized spacial score (nSPS) is 9.67. The van der Waals surface area contributed by atoms with Crippen LogP contribution >= 0.6 is 12.2 Å². The number of esters is 1. The van der Waals surface area contributed by atoms with Gasteiger partial charge in [0.25, 0.3) is 0 Å². The van der Waals surface area contributed by atoms with E-state index in [1.807, 2.05) is 6.07 Å². The molecule has 0 bridgehead atoms. The number of ether oxygens (including phenoxy) is 1. The Morgan fingerprint density at radius 3 is 2.89 bits per heavy atom. The van der Waals surface area contributed by atoms with Crippen LogP contribution in [0.4, 0.5) is 5.69 Å². The Morgan fingerprint density at radius 1 is 1.44 bits per heavy atom. The van der Waals surface area contributed by atoms with Crippen LogP contribution < -0.4 is 10.6 Å². The summed E-state index contributed by atoms with van der Waals surface area (Å²) in [4.78, 5) is 11.4. The predicted molar refractivity (Wildman–Crippen MR) is 76.9 cm³/mol. The van der Waals surface area contributed by atoms with E-state index in [4.69, 9.17) is 12.2 Å². The molecule has 0 aliphatic carbocycles. The van der Waals surface area contributed by atoms with Crippen LogP contribution in [0, 0.1) is 0 Å². The highest BCUT2D eigenvalue weighted by molar-refractivity contribution is 7.80. The van der Waals surface area contributed by atoms with E-state index in [2.05, 4.69) is 22.3 Å². The highest BCUT2D eigenvalue weighted by Crippen LogP contribution is 2.11. The molecule has 1 rings (SSSR count). The van der Waals surface area contributed by atoms with E-state index in [-0.39, 0.29) is 5.97 Å². The summed E-state index contributed by atoms with van der Waals surface area (Å²) < 4.78 is 4.66. The van der Waals surface area contributed by atoms with Crippen LogP contribution in [0.15, 0.2) is 24.3 Å². The van der Waals surface area contributed by atoms with Crippen LogP contribution in [-0.2, 0) is 4.74 Å². The van der Waals surface area contributed by atoms with E-state index in [9.17, 15) is 4.79 Å². The van der Waals surface area contributed by atoms with E-state index >= 15 is 0 Å². The first-order valence-electron chi connectivity index (χ1n) is 5.90. The molecule has 1 aromatic rings. The number of unbranched alkanes of at least 4 members (excludes halogenated alkanes) is 1. The second-order valence-corrected chi connectivity index (χ2v) is 4.22. The molecule has 0 atom stereocenters. The van der Waals surface area contributed by atoms with Gasteiger partial charge in [-0.3, -0.25) is 0 Å². The van der Waals surface area contributed by atoms with Crippen molar-refractivity contribution in [2.45, 2.75) is 19.8 Å². The quantitative estimate of drug-likeness (QED) is 0.487. The molecular formula is C13H18N2O2S. The van der Waals surface area contributed by atoms with Crippen molar-refractivity contribution >= 4 is 29.0 Å². The second kappa shape index (κ2) is 7.66. The summed E-state index contributed by atoms with van der Waals surface area (Å²) in [5.41, 5.74) is 1.27. The van der Waals surface area contributed by atoms with Crippen molar-refractivity contribution in [2.75, 3.05) is 19.0 Å². The average Bonchev–Trinajstić information content (AvgIpc) is 2.38. The first kappa shape index (κ1) is 14.4. The Morgan fingerprint density at radius 2 is 2.22 bits per heavy atom. The zero-order valence-electron chi connectivity index (χ0n) is 10.7. The third kappa shape index (κ3) is 4.71. The van der Waals surface area contributed by atoms with Gasteiger partial charge in [0.1, 0.15) is 0 Å². The number of methoxy groups -OCH3 is 1. The number of anilines is 1. The standard InChI is InChI=1S/C13H18N2O2S/c1-3-4-8-14-13(18)15-11-7-5-6-10(9-11)12(16)17-2/h5-7,9H,3-4,8H2,1-2H3,(H2,14,15,18). The highest BCUT2D eigenvalue weighted by atomic mass is 32.1. The summed E-state index contributed by atoms with van der Waals surface area (Å²) >= 11 is 5.15. The van der Waals surface area contributed by atoms with Gasteiger partial charge in [0, 0.05) is 12.2 Å². The molecule has 1 aromatic carbocycles. The van der Waals surface area contributed by atoms with Crippen LogP contribution in [0.1, 0.15) is 30.1 Å². The number of carbonyl (C=O) groups excluding carboxylic acids is 1. The topological polar surface area (TPSA) is 50.4 Å². The first-order valence-corrected chi connectivity index (χ1v) is 6.31. The molecule has 0 spiro atoms. The third-order valence-electron chi connectivity index (χ3n) is 2.36. The van der Waals surface area contributed by atoms with Gasteiger partial charge < -0.3 is 15.4 Å². The smallest absolute Gasteiger partial charge is 0.337 e. The maximum atomic E-state index is 11.4.